The minimum atomic E-state index is -0.542. The number of benzene rings is 2. The minimum absolute atomic E-state index is 0.0595. The van der Waals surface area contributed by atoms with Gasteiger partial charge in [0.1, 0.15) is 11.8 Å². The lowest BCUT2D eigenvalue weighted by Crippen LogP contribution is -2.53. The van der Waals surface area contributed by atoms with E-state index in [1.807, 2.05) is 76.2 Å². The van der Waals surface area contributed by atoms with Gasteiger partial charge in [-0.25, -0.2) is 0 Å². The number of amides is 2. The fraction of sp³-hybridized carbons (Fsp3) is 0.440. The van der Waals surface area contributed by atoms with Crippen molar-refractivity contribution in [2.45, 2.75) is 58.0 Å². The summed E-state index contributed by atoms with van der Waals surface area (Å²) in [6.07, 6.45) is 0.533. The summed E-state index contributed by atoms with van der Waals surface area (Å²) in [4.78, 5) is 28.0. The molecule has 0 aromatic heterocycles. The first-order chi connectivity index (χ1) is 15.1. The van der Waals surface area contributed by atoms with Gasteiger partial charge < -0.3 is 15.0 Å². The molecule has 0 radical (unpaired) electrons. The Hall–Kier alpha value is -2.18. The van der Waals surface area contributed by atoms with Crippen LogP contribution in [0.15, 0.2) is 48.5 Å². The summed E-state index contributed by atoms with van der Waals surface area (Å²) >= 11 is 7.48. The summed E-state index contributed by atoms with van der Waals surface area (Å²) in [5.74, 6) is 1.55. The number of hydrogen-bond donors (Lipinski definition) is 1. The lowest BCUT2D eigenvalue weighted by molar-refractivity contribution is -0.140. The molecule has 1 unspecified atom stereocenters. The van der Waals surface area contributed by atoms with Crippen molar-refractivity contribution in [3.63, 3.8) is 0 Å². The fourth-order valence-corrected chi connectivity index (χ4v) is 4.22. The molecule has 2 rings (SSSR count). The van der Waals surface area contributed by atoms with Crippen LogP contribution in [-0.2, 0) is 21.9 Å². The van der Waals surface area contributed by atoms with E-state index in [0.717, 1.165) is 16.9 Å². The van der Waals surface area contributed by atoms with E-state index < -0.39 is 6.04 Å². The Morgan fingerprint density at radius 2 is 1.66 bits per heavy atom. The molecule has 5 nitrogen and oxygen atoms in total. The number of carbonyl (C=O) groups excluding carboxylic acids is 2. The zero-order valence-corrected chi connectivity index (χ0v) is 21.1. The smallest absolute Gasteiger partial charge is 0.243 e. The molecule has 174 valence electrons. The molecule has 1 N–H and O–H groups in total. The third-order valence-electron chi connectivity index (χ3n) is 4.80. The van der Waals surface area contributed by atoms with Crippen LogP contribution in [0.4, 0.5) is 0 Å². The lowest BCUT2D eigenvalue weighted by atomic mass is 10.1. The first-order valence-corrected chi connectivity index (χ1v) is 12.2. The molecule has 0 spiro atoms. The lowest BCUT2D eigenvalue weighted by Gasteiger charge is -2.33. The maximum absolute atomic E-state index is 13.3. The summed E-state index contributed by atoms with van der Waals surface area (Å²) < 4.78 is 5.23. The number of hydrogen-bond acceptors (Lipinski definition) is 4. The number of rotatable bonds is 10. The van der Waals surface area contributed by atoms with Crippen molar-refractivity contribution in [1.29, 1.82) is 0 Å². The fourth-order valence-electron chi connectivity index (χ4n) is 3.22. The zero-order valence-electron chi connectivity index (χ0n) is 19.5. The van der Waals surface area contributed by atoms with E-state index in [0.29, 0.717) is 23.7 Å². The summed E-state index contributed by atoms with van der Waals surface area (Å²) in [5, 5.41) is 3.72. The van der Waals surface area contributed by atoms with Crippen molar-refractivity contribution in [2.75, 3.05) is 12.9 Å². The van der Waals surface area contributed by atoms with E-state index in [-0.39, 0.29) is 23.1 Å². The van der Waals surface area contributed by atoms with Crippen LogP contribution < -0.4 is 10.1 Å². The van der Waals surface area contributed by atoms with Crippen molar-refractivity contribution < 1.29 is 14.3 Å². The second-order valence-electron chi connectivity index (χ2n) is 8.65. The molecule has 0 aliphatic carbocycles. The summed E-state index contributed by atoms with van der Waals surface area (Å²) in [7, 11) is 1.62. The largest absolute Gasteiger partial charge is 0.497 e. The third-order valence-corrected chi connectivity index (χ3v) is 6.04. The Kier molecular flexibility index (Phi) is 9.91. The van der Waals surface area contributed by atoms with Gasteiger partial charge in [0.05, 0.1) is 12.9 Å². The molecule has 0 fully saturated rings. The third kappa shape index (κ3) is 8.40. The van der Waals surface area contributed by atoms with Crippen LogP contribution in [0.3, 0.4) is 0 Å². The van der Waals surface area contributed by atoms with Gasteiger partial charge in [0, 0.05) is 22.9 Å². The van der Waals surface area contributed by atoms with Gasteiger partial charge in [-0.2, -0.15) is 0 Å². The molecule has 2 amide bonds. The highest BCUT2D eigenvalue weighted by Gasteiger charge is 2.30. The Bertz CT molecular complexity index is 880. The van der Waals surface area contributed by atoms with Crippen LogP contribution in [0.5, 0.6) is 5.75 Å². The molecular weight excluding hydrogens is 444 g/mol. The normalized spacial score (nSPS) is 12.2. The van der Waals surface area contributed by atoms with Gasteiger partial charge in [-0.15, -0.1) is 11.8 Å². The number of nitrogens with zero attached hydrogens (tertiary/aromatic N) is 1. The maximum Gasteiger partial charge on any atom is 0.243 e. The maximum atomic E-state index is 13.3. The average Bonchev–Trinajstić information content (AvgIpc) is 2.74. The minimum Gasteiger partial charge on any atom is -0.497 e. The number of ether oxygens (including phenoxy) is 1. The zero-order chi connectivity index (χ0) is 23.7. The van der Waals surface area contributed by atoms with E-state index in [1.165, 1.54) is 11.8 Å². The predicted octanol–water partition coefficient (Wildman–Crippen LogP) is 5.30. The highest BCUT2D eigenvalue weighted by atomic mass is 35.5. The van der Waals surface area contributed by atoms with Crippen molar-refractivity contribution >= 4 is 35.2 Å². The molecule has 2 aromatic carbocycles. The molecular formula is C25H33ClN2O3S. The standard InChI is InChI=1S/C25H33ClN2O3S/c1-6-22(24(30)27-25(2,3)4)28(15-18-9-13-21(31-5)14-10-18)23(29)17-32-16-19-7-11-20(26)12-8-19/h7-14,22H,6,15-17H2,1-5H3,(H,27,30). The van der Waals surface area contributed by atoms with E-state index in [1.54, 1.807) is 12.0 Å². The summed E-state index contributed by atoms with van der Waals surface area (Å²) in [6, 6.07) is 14.6. The van der Waals surface area contributed by atoms with E-state index in [2.05, 4.69) is 5.32 Å². The predicted molar refractivity (Wildman–Crippen MR) is 133 cm³/mol. The van der Waals surface area contributed by atoms with Crippen molar-refractivity contribution in [2.24, 2.45) is 0 Å². The quantitative estimate of drug-likeness (QED) is 0.505. The Labute approximate surface area is 200 Å². The van der Waals surface area contributed by atoms with Gasteiger partial charge in [-0.05, 0) is 62.6 Å². The molecule has 0 bridgehead atoms. The molecule has 0 saturated heterocycles. The Morgan fingerprint density at radius 3 is 2.19 bits per heavy atom. The molecule has 1 atom stereocenters. The second kappa shape index (κ2) is 12.2. The number of thioether (sulfide) groups is 1. The van der Waals surface area contributed by atoms with Crippen molar-refractivity contribution in [1.82, 2.24) is 10.2 Å². The van der Waals surface area contributed by atoms with Gasteiger partial charge >= 0.3 is 0 Å². The molecule has 2 aromatic rings. The Balaban J connectivity index is 2.15. The van der Waals surface area contributed by atoms with Crippen LogP contribution in [0.2, 0.25) is 5.02 Å². The van der Waals surface area contributed by atoms with Crippen LogP contribution >= 0.6 is 23.4 Å². The molecule has 32 heavy (non-hydrogen) atoms. The van der Waals surface area contributed by atoms with Crippen LogP contribution in [0.1, 0.15) is 45.2 Å². The summed E-state index contributed by atoms with van der Waals surface area (Å²) in [5.41, 5.74) is 1.68. The van der Waals surface area contributed by atoms with Gasteiger partial charge in [0.25, 0.3) is 0 Å². The SMILES string of the molecule is CCC(C(=O)NC(C)(C)C)N(Cc1ccc(OC)cc1)C(=O)CSCc1ccc(Cl)cc1. The first kappa shape index (κ1) is 26.1. The topological polar surface area (TPSA) is 58.6 Å². The number of nitrogens with one attached hydrogen (secondary N) is 1. The molecule has 0 heterocycles. The monoisotopic (exact) mass is 476 g/mol. The molecule has 0 aliphatic rings. The van der Waals surface area contributed by atoms with Crippen molar-refractivity contribution in [3.8, 4) is 5.75 Å². The van der Waals surface area contributed by atoms with Crippen LogP contribution in [0.25, 0.3) is 0 Å². The highest BCUT2D eigenvalue weighted by molar-refractivity contribution is 7.99. The van der Waals surface area contributed by atoms with Gasteiger partial charge in [-0.3, -0.25) is 9.59 Å². The average molecular weight is 477 g/mol. The van der Waals surface area contributed by atoms with Crippen LogP contribution in [-0.4, -0.2) is 41.2 Å². The highest BCUT2D eigenvalue weighted by Crippen LogP contribution is 2.20. The van der Waals surface area contributed by atoms with E-state index in [9.17, 15) is 9.59 Å². The van der Waals surface area contributed by atoms with Crippen molar-refractivity contribution in [3.05, 3.63) is 64.7 Å². The number of halogens is 1. The molecule has 0 saturated carbocycles. The molecule has 0 aliphatic heterocycles. The van der Waals surface area contributed by atoms with E-state index in [4.69, 9.17) is 16.3 Å². The van der Waals surface area contributed by atoms with Gasteiger partial charge in [0.2, 0.25) is 11.8 Å². The Morgan fingerprint density at radius 1 is 1.06 bits per heavy atom. The molecule has 7 heteroatoms. The number of methoxy groups -OCH3 is 1. The second-order valence-corrected chi connectivity index (χ2v) is 10.1. The number of carbonyl (C=O) groups is 2. The van der Waals surface area contributed by atoms with Gasteiger partial charge in [-0.1, -0.05) is 42.8 Å². The van der Waals surface area contributed by atoms with E-state index >= 15 is 0 Å². The first-order valence-electron chi connectivity index (χ1n) is 10.7. The van der Waals surface area contributed by atoms with Crippen LogP contribution in [0, 0.1) is 0 Å². The van der Waals surface area contributed by atoms with Gasteiger partial charge in [0.15, 0.2) is 0 Å². The summed E-state index contributed by atoms with van der Waals surface area (Å²) in [6.45, 7) is 8.11.